The highest BCUT2D eigenvalue weighted by Crippen LogP contribution is 2.57. The van der Waals surface area contributed by atoms with Crippen LogP contribution < -0.4 is 16.2 Å². The zero-order chi connectivity index (χ0) is 43.7. The van der Waals surface area contributed by atoms with Crippen molar-refractivity contribution in [3.63, 3.8) is 0 Å². The molecule has 0 aliphatic carbocycles. The lowest BCUT2D eigenvalue weighted by Gasteiger charge is -2.28. The summed E-state index contributed by atoms with van der Waals surface area (Å²) in [4.78, 5) is 73.8. The van der Waals surface area contributed by atoms with Gasteiger partial charge in [-0.05, 0) is 12.1 Å². The number of anilines is 2. The summed E-state index contributed by atoms with van der Waals surface area (Å²) in [5, 5.41) is 25.4. The van der Waals surface area contributed by atoms with E-state index in [9.17, 15) is 34.2 Å². The Morgan fingerprint density at radius 1 is 1.03 bits per heavy atom. The number of ether oxygens (including phenoxy) is 2. The Morgan fingerprint density at radius 3 is 2.52 bits per heavy atom. The van der Waals surface area contributed by atoms with Crippen LogP contribution >= 0.6 is 16.4 Å². The predicted octanol–water partition coefficient (Wildman–Crippen LogP) is 2.92. The van der Waals surface area contributed by atoms with Crippen molar-refractivity contribution in [2.24, 2.45) is 17.8 Å². The molecule has 8 rings (SSSR count). The topological polar surface area (TPSA) is 311 Å². The molecule has 3 fully saturated rings. The van der Waals surface area contributed by atoms with E-state index in [1.54, 1.807) is 51.1 Å². The van der Waals surface area contributed by atoms with E-state index in [2.05, 4.69) is 40.5 Å². The van der Waals surface area contributed by atoms with Crippen molar-refractivity contribution in [3.8, 4) is 6.07 Å². The Morgan fingerprint density at radius 2 is 1.77 bits per heavy atom. The molecule has 62 heavy (non-hydrogen) atoms. The first kappa shape index (κ1) is 43.5. The number of carbonyl (C=O) groups excluding carboxylic acids is 2. The summed E-state index contributed by atoms with van der Waals surface area (Å²) in [6, 6.07) is 10.4. The van der Waals surface area contributed by atoms with Gasteiger partial charge in [-0.15, -0.1) is 0 Å². The van der Waals surface area contributed by atoms with Crippen LogP contribution in [0.25, 0.3) is 22.3 Å². The molecule has 5 aromatic rings. The van der Waals surface area contributed by atoms with E-state index in [0.29, 0.717) is 5.56 Å². The molecule has 26 heteroatoms. The molecule has 24 nitrogen and oxygen atoms in total. The van der Waals surface area contributed by atoms with Crippen molar-refractivity contribution < 1.29 is 56.2 Å². The molecule has 10 atom stereocenters. The van der Waals surface area contributed by atoms with Crippen LogP contribution in [-0.2, 0) is 41.5 Å². The fourth-order valence-electron chi connectivity index (χ4n) is 7.17. The van der Waals surface area contributed by atoms with Crippen LogP contribution in [0.4, 0.5) is 11.8 Å². The standard InChI is InChI=1S/C36H41N11O13P2/c1-18(2)31(49)44-36-43-30-25(33(51)45-36)41-17-47(30)35-26-19(3)22(57-35)13-54-61(52)59-27-21(12-48)34(58-23(27)14-56-62(53,60-26)55-11-7-10-37)46-16-40-24-28(38-15-39-29(24)46)42-32(50)20-8-5-4-6-9-20/h4-6,8-9,15-19,21-23,26-27,34-35,48,52H,7,11-14H2,1-3H3,(H,38,39,42,50)(H2,43,44,45,49,51). The second-order valence-corrected chi connectivity index (χ2v) is 17.3. The van der Waals surface area contributed by atoms with E-state index >= 15 is 0 Å². The van der Waals surface area contributed by atoms with Crippen LogP contribution in [0.15, 0.2) is 54.1 Å². The van der Waals surface area contributed by atoms with E-state index in [1.165, 1.54) is 28.1 Å². The fraction of sp³-hybridized carbons (Fsp3) is 0.472. The molecule has 4 aromatic heterocycles. The fourth-order valence-corrected chi connectivity index (χ4v) is 9.44. The number of fused-ring (bicyclic) bond motifs is 5. The van der Waals surface area contributed by atoms with E-state index in [1.807, 2.05) is 6.07 Å². The number of nitrogens with zero attached hydrogens (tertiary/aromatic N) is 8. The highest BCUT2D eigenvalue weighted by atomic mass is 31.2. The van der Waals surface area contributed by atoms with Crippen LogP contribution in [0.1, 0.15) is 50.0 Å². The Balaban J connectivity index is 1.10. The number of aliphatic hydroxyl groups excluding tert-OH is 1. The highest BCUT2D eigenvalue weighted by Gasteiger charge is 2.52. The molecule has 7 heterocycles. The van der Waals surface area contributed by atoms with Crippen molar-refractivity contribution in [2.45, 2.75) is 64.1 Å². The van der Waals surface area contributed by atoms with E-state index < -0.39 is 102 Å². The number of rotatable bonds is 10. The quantitative estimate of drug-likeness (QED) is 0.0994. The number of nitriles is 1. The number of phosphoric acid groups is 1. The number of carbonyl (C=O) groups is 2. The van der Waals surface area contributed by atoms with Crippen LogP contribution in [0.5, 0.6) is 0 Å². The summed E-state index contributed by atoms with van der Waals surface area (Å²) < 4.78 is 60.0. The Bertz CT molecular complexity index is 2590. The monoisotopic (exact) mass is 897 g/mol. The molecule has 0 radical (unpaired) electrons. The van der Waals surface area contributed by atoms with Gasteiger partial charge in [0.25, 0.3) is 11.5 Å². The van der Waals surface area contributed by atoms with Gasteiger partial charge >= 0.3 is 16.4 Å². The normalized spacial score (nSPS) is 29.1. The number of imidazole rings is 2. The van der Waals surface area contributed by atoms with Gasteiger partial charge in [0.15, 0.2) is 34.4 Å². The van der Waals surface area contributed by atoms with Crippen LogP contribution in [0, 0.1) is 29.1 Å². The zero-order valence-corrected chi connectivity index (χ0v) is 35.0. The van der Waals surface area contributed by atoms with Gasteiger partial charge in [0, 0.05) is 17.4 Å². The third-order valence-electron chi connectivity index (χ3n) is 10.4. The number of H-pyrrole nitrogens is 1. The first-order valence-electron chi connectivity index (χ1n) is 19.3. The minimum atomic E-state index is -4.68. The molecule has 328 valence electrons. The van der Waals surface area contributed by atoms with Crippen LogP contribution in [-0.4, -0.2) is 112 Å². The van der Waals surface area contributed by atoms with Crippen molar-refractivity contribution in [1.29, 1.82) is 5.26 Å². The largest absolute Gasteiger partial charge is 0.475 e. The lowest BCUT2D eigenvalue weighted by atomic mass is 10.0. The Kier molecular flexibility index (Phi) is 12.8. The average molecular weight is 898 g/mol. The average Bonchev–Trinajstić information content (AvgIpc) is 4.03. The molecule has 5 N–H and O–H groups in total. The number of hydrogen-bond acceptors (Lipinski definition) is 19. The number of aromatic amines is 1. The summed E-state index contributed by atoms with van der Waals surface area (Å²) in [7, 11) is -7.39. The summed E-state index contributed by atoms with van der Waals surface area (Å²) in [5.74, 6) is -2.93. The maximum absolute atomic E-state index is 14.7. The number of phosphoric ester groups is 1. The van der Waals surface area contributed by atoms with Crippen LogP contribution in [0.3, 0.4) is 0 Å². The van der Waals surface area contributed by atoms with Gasteiger partial charge in [0.05, 0.1) is 63.6 Å². The van der Waals surface area contributed by atoms with Crippen molar-refractivity contribution in [1.82, 2.24) is 39.0 Å². The maximum Gasteiger partial charge on any atom is 0.475 e. The van der Waals surface area contributed by atoms with Gasteiger partial charge in [-0.1, -0.05) is 39.0 Å². The molecular formula is C36H41N11O13P2. The molecular weight excluding hydrogens is 856 g/mol. The molecule has 3 saturated heterocycles. The third-order valence-corrected chi connectivity index (χ3v) is 12.7. The summed E-state index contributed by atoms with van der Waals surface area (Å²) in [6.07, 6.45) is -3.04. The minimum Gasteiger partial charge on any atom is -0.396 e. The molecule has 0 saturated carbocycles. The number of aromatic nitrogens is 8. The van der Waals surface area contributed by atoms with E-state index in [4.69, 9.17) is 32.1 Å². The highest BCUT2D eigenvalue weighted by molar-refractivity contribution is 7.48. The number of aliphatic hydroxyl groups is 1. The second-order valence-electron chi connectivity index (χ2n) is 14.7. The number of amides is 2. The molecule has 2 amide bonds. The molecule has 3 aliphatic rings. The van der Waals surface area contributed by atoms with E-state index in [0.717, 1.165) is 0 Å². The third kappa shape index (κ3) is 8.75. The number of benzene rings is 1. The first-order chi connectivity index (χ1) is 29.9. The van der Waals surface area contributed by atoms with Gasteiger partial charge in [-0.3, -0.25) is 47.4 Å². The summed E-state index contributed by atoms with van der Waals surface area (Å²) >= 11 is 0. The predicted molar refractivity (Wildman–Crippen MR) is 213 cm³/mol. The lowest BCUT2D eigenvalue weighted by Crippen LogP contribution is -2.34. The Labute approximate surface area is 352 Å². The molecule has 10 unspecified atom stereocenters. The van der Waals surface area contributed by atoms with Gasteiger partial charge in [0.2, 0.25) is 11.9 Å². The summed E-state index contributed by atoms with van der Waals surface area (Å²) in [5.41, 5.74) is 0.0285. The van der Waals surface area contributed by atoms with Gasteiger partial charge < -0.3 is 33.8 Å². The lowest BCUT2D eigenvalue weighted by molar-refractivity contribution is -0.118. The molecule has 1 aromatic carbocycles. The summed E-state index contributed by atoms with van der Waals surface area (Å²) in [6.45, 7) is 3.26. The minimum absolute atomic E-state index is 0.0125. The first-order valence-corrected chi connectivity index (χ1v) is 21.9. The van der Waals surface area contributed by atoms with Crippen molar-refractivity contribution in [3.05, 3.63) is 65.2 Å². The number of nitrogens with one attached hydrogen (secondary N) is 3. The molecule has 3 aliphatic heterocycles. The van der Waals surface area contributed by atoms with E-state index in [-0.39, 0.29) is 53.7 Å². The number of hydrogen-bond donors (Lipinski definition) is 5. The smallest absolute Gasteiger partial charge is 0.396 e. The van der Waals surface area contributed by atoms with Gasteiger partial charge in [-0.25, -0.2) is 24.5 Å². The van der Waals surface area contributed by atoms with Crippen molar-refractivity contribution >= 4 is 62.3 Å². The van der Waals surface area contributed by atoms with Gasteiger partial charge in [-0.2, -0.15) is 10.2 Å². The maximum atomic E-state index is 14.7. The zero-order valence-electron chi connectivity index (χ0n) is 33.2. The van der Waals surface area contributed by atoms with Gasteiger partial charge in [0.1, 0.15) is 30.9 Å². The van der Waals surface area contributed by atoms with Crippen molar-refractivity contribution in [2.75, 3.05) is 37.1 Å². The second kappa shape index (κ2) is 18.3. The SMILES string of the molecule is CC(C)C(=O)Nc1nc2c(ncn2C2OC3COP(O)OC4C(COP(=O)(OCCC#N)OC2C3C)OC(n2cnc3c(NC(=O)c5ccccc5)ncnc32)C4CO)c(=O)[nH]1. The Hall–Kier alpha value is -5.15. The van der Waals surface area contributed by atoms with Crippen LogP contribution in [0.2, 0.25) is 0 Å². The molecule has 0 spiro atoms. The molecule has 2 bridgehead atoms.